The number of nitrogens with two attached hydrogens (primary N) is 1. The summed E-state index contributed by atoms with van der Waals surface area (Å²) in [7, 11) is 0. The fraction of sp³-hybridized carbons (Fsp3) is 0.625. The molecule has 4 amide bonds. The SMILES string of the molecule is C#Cc1ccccc1C(C(=O)NCCCCC)N(C(=O)C(CCC(N)=O)NC(=O)OC(C)(C)C)C(C)CCC(C)C. The molecule has 1 aromatic carbocycles. The van der Waals surface area contributed by atoms with Gasteiger partial charge in [-0.1, -0.05) is 57.7 Å². The predicted octanol–water partition coefficient (Wildman–Crippen LogP) is 4.83. The number of amides is 4. The molecule has 0 fully saturated rings. The molecule has 9 nitrogen and oxygen atoms in total. The van der Waals surface area contributed by atoms with Crippen LogP contribution < -0.4 is 16.4 Å². The van der Waals surface area contributed by atoms with Crippen molar-refractivity contribution in [3.63, 3.8) is 0 Å². The molecular weight excluding hydrogens is 520 g/mol. The van der Waals surface area contributed by atoms with Gasteiger partial charge in [-0.2, -0.15) is 0 Å². The van der Waals surface area contributed by atoms with Crippen molar-refractivity contribution < 1.29 is 23.9 Å². The summed E-state index contributed by atoms with van der Waals surface area (Å²) in [6, 6.07) is 4.42. The Bertz CT molecular complexity index is 1060. The van der Waals surface area contributed by atoms with Crippen LogP contribution in [0, 0.1) is 18.3 Å². The summed E-state index contributed by atoms with van der Waals surface area (Å²) < 4.78 is 5.41. The molecule has 0 bridgehead atoms. The van der Waals surface area contributed by atoms with Crippen LogP contribution in [0.1, 0.15) is 111 Å². The normalized spacial score (nSPS) is 13.4. The standard InChI is InChI=1S/C32H50N4O5/c1-9-11-14-21-34-29(38)28(25-16-13-12-15-24(25)10-2)36(23(5)18-17-22(3)4)30(39)26(19-20-27(33)37)35-31(40)41-32(6,7)8/h2,12-13,15-16,22-23,26,28H,9,11,14,17-21H2,1,3-8H3,(H2,33,37)(H,34,38)(H,35,40). The Morgan fingerprint density at radius 1 is 1.05 bits per heavy atom. The Balaban J connectivity index is 3.68. The second-order valence-electron chi connectivity index (χ2n) is 11.9. The highest BCUT2D eigenvalue weighted by Gasteiger charge is 2.39. The van der Waals surface area contributed by atoms with Crippen LogP contribution in [0.15, 0.2) is 24.3 Å². The Labute approximate surface area is 246 Å². The molecule has 9 heteroatoms. The first-order valence-electron chi connectivity index (χ1n) is 14.6. The van der Waals surface area contributed by atoms with E-state index < -0.39 is 41.6 Å². The second kappa shape index (κ2) is 17.3. The lowest BCUT2D eigenvalue weighted by atomic mass is 9.94. The molecule has 0 aromatic heterocycles. The van der Waals surface area contributed by atoms with Gasteiger partial charge in [0, 0.05) is 24.6 Å². The lowest BCUT2D eigenvalue weighted by molar-refractivity contribution is -0.145. The zero-order valence-corrected chi connectivity index (χ0v) is 25.9. The van der Waals surface area contributed by atoms with Crippen LogP contribution in [0.2, 0.25) is 0 Å². The zero-order chi connectivity index (χ0) is 31.2. The molecular formula is C32H50N4O5. The number of ether oxygens (including phenoxy) is 1. The van der Waals surface area contributed by atoms with Crippen molar-refractivity contribution in [1.82, 2.24) is 15.5 Å². The number of terminal acetylenes is 1. The van der Waals surface area contributed by atoms with Gasteiger partial charge in [-0.05, 0) is 70.9 Å². The summed E-state index contributed by atoms with van der Waals surface area (Å²) in [5.41, 5.74) is 5.61. The van der Waals surface area contributed by atoms with Crippen LogP contribution in [0.5, 0.6) is 0 Å². The summed E-state index contributed by atoms with van der Waals surface area (Å²) in [5.74, 6) is 1.51. The third-order valence-corrected chi connectivity index (χ3v) is 6.58. The topological polar surface area (TPSA) is 131 Å². The number of nitrogens with zero attached hydrogens (tertiary/aromatic N) is 1. The monoisotopic (exact) mass is 570 g/mol. The van der Waals surface area contributed by atoms with E-state index in [2.05, 4.69) is 37.3 Å². The molecule has 0 spiro atoms. The third kappa shape index (κ3) is 12.7. The number of carbonyl (C=O) groups is 4. The van der Waals surface area contributed by atoms with Crippen molar-refractivity contribution in [3.8, 4) is 12.3 Å². The Morgan fingerprint density at radius 3 is 2.27 bits per heavy atom. The molecule has 0 aliphatic carbocycles. The average molecular weight is 571 g/mol. The molecule has 41 heavy (non-hydrogen) atoms. The fourth-order valence-electron chi connectivity index (χ4n) is 4.45. The van der Waals surface area contributed by atoms with E-state index in [4.69, 9.17) is 16.9 Å². The van der Waals surface area contributed by atoms with Gasteiger partial charge < -0.3 is 26.0 Å². The highest BCUT2D eigenvalue weighted by atomic mass is 16.6. The van der Waals surface area contributed by atoms with E-state index in [9.17, 15) is 19.2 Å². The number of rotatable bonds is 16. The molecule has 0 radical (unpaired) electrons. The van der Waals surface area contributed by atoms with Crippen LogP contribution in [0.4, 0.5) is 4.79 Å². The Morgan fingerprint density at radius 2 is 1.71 bits per heavy atom. The number of hydrogen-bond donors (Lipinski definition) is 3. The van der Waals surface area contributed by atoms with Gasteiger partial charge in [0.15, 0.2) is 0 Å². The summed E-state index contributed by atoms with van der Waals surface area (Å²) in [6.07, 6.45) is 8.99. The van der Waals surface area contributed by atoms with Crippen LogP contribution in [0.25, 0.3) is 0 Å². The van der Waals surface area contributed by atoms with Gasteiger partial charge in [0.2, 0.25) is 17.7 Å². The van der Waals surface area contributed by atoms with Crippen molar-refractivity contribution >= 4 is 23.8 Å². The number of primary amides is 1. The minimum absolute atomic E-state index is 0.0531. The van der Waals surface area contributed by atoms with E-state index in [1.165, 1.54) is 4.90 Å². The zero-order valence-electron chi connectivity index (χ0n) is 25.9. The first kappa shape index (κ1) is 35.5. The predicted molar refractivity (Wildman–Crippen MR) is 162 cm³/mol. The average Bonchev–Trinajstić information content (AvgIpc) is 2.89. The molecule has 1 aromatic rings. The smallest absolute Gasteiger partial charge is 0.408 e. The molecule has 0 aliphatic rings. The largest absolute Gasteiger partial charge is 0.444 e. The highest BCUT2D eigenvalue weighted by Crippen LogP contribution is 2.30. The van der Waals surface area contributed by atoms with Crippen molar-refractivity contribution in [2.24, 2.45) is 11.7 Å². The highest BCUT2D eigenvalue weighted by molar-refractivity contribution is 5.93. The van der Waals surface area contributed by atoms with Crippen molar-refractivity contribution in [2.75, 3.05) is 6.54 Å². The van der Waals surface area contributed by atoms with Crippen molar-refractivity contribution in [3.05, 3.63) is 35.4 Å². The molecule has 0 aliphatic heterocycles. The van der Waals surface area contributed by atoms with E-state index in [0.29, 0.717) is 30.0 Å². The molecule has 3 atom stereocenters. The number of hydrogen-bond acceptors (Lipinski definition) is 5. The number of benzene rings is 1. The van der Waals surface area contributed by atoms with E-state index in [1.807, 2.05) is 6.92 Å². The lowest BCUT2D eigenvalue weighted by Gasteiger charge is -2.39. The molecule has 0 saturated heterocycles. The van der Waals surface area contributed by atoms with Crippen LogP contribution in [0.3, 0.4) is 0 Å². The summed E-state index contributed by atoms with van der Waals surface area (Å²) in [5, 5.41) is 5.63. The van der Waals surface area contributed by atoms with Crippen LogP contribution >= 0.6 is 0 Å². The maximum atomic E-state index is 14.4. The molecule has 0 heterocycles. The van der Waals surface area contributed by atoms with Gasteiger partial charge in [0.05, 0.1) is 0 Å². The van der Waals surface area contributed by atoms with Crippen molar-refractivity contribution in [2.45, 2.75) is 117 Å². The minimum Gasteiger partial charge on any atom is -0.444 e. The first-order chi connectivity index (χ1) is 19.2. The van der Waals surface area contributed by atoms with Gasteiger partial charge in [0.25, 0.3) is 0 Å². The number of alkyl carbamates (subject to hydrolysis) is 1. The van der Waals surface area contributed by atoms with Gasteiger partial charge >= 0.3 is 6.09 Å². The van der Waals surface area contributed by atoms with Gasteiger partial charge in [-0.15, -0.1) is 6.42 Å². The molecule has 228 valence electrons. The van der Waals surface area contributed by atoms with E-state index >= 15 is 0 Å². The summed E-state index contributed by atoms with van der Waals surface area (Å²) >= 11 is 0. The maximum absolute atomic E-state index is 14.4. The second-order valence-corrected chi connectivity index (χ2v) is 11.9. The Kier molecular flexibility index (Phi) is 15.0. The molecule has 1 rings (SSSR count). The number of unbranched alkanes of at least 4 members (excludes halogenated alkanes) is 2. The van der Waals surface area contributed by atoms with Crippen LogP contribution in [-0.4, -0.2) is 52.9 Å². The van der Waals surface area contributed by atoms with E-state index in [1.54, 1.807) is 45.0 Å². The van der Waals surface area contributed by atoms with E-state index in [0.717, 1.165) is 25.7 Å². The summed E-state index contributed by atoms with van der Waals surface area (Å²) in [4.78, 5) is 54.3. The van der Waals surface area contributed by atoms with Crippen molar-refractivity contribution in [1.29, 1.82) is 0 Å². The minimum atomic E-state index is -1.16. The fourth-order valence-corrected chi connectivity index (χ4v) is 4.45. The Hall–Kier alpha value is -3.54. The summed E-state index contributed by atoms with van der Waals surface area (Å²) in [6.45, 7) is 13.7. The third-order valence-electron chi connectivity index (χ3n) is 6.58. The molecule has 3 unspecified atom stereocenters. The quantitative estimate of drug-likeness (QED) is 0.194. The van der Waals surface area contributed by atoms with Crippen LogP contribution in [-0.2, 0) is 19.1 Å². The first-order valence-corrected chi connectivity index (χ1v) is 14.6. The number of nitrogens with one attached hydrogen (secondary N) is 2. The van der Waals surface area contributed by atoms with Gasteiger partial charge in [0.1, 0.15) is 17.7 Å². The van der Waals surface area contributed by atoms with Gasteiger partial charge in [-0.3, -0.25) is 14.4 Å². The van der Waals surface area contributed by atoms with Gasteiger partial charge in [-0.25, -0.2) is 4.79 Å². The maximum Gasteiger partial charge on any atom is 0.408 e. The molecule has 0 saturated carbocycles. The molecule has 4 N–H and O–H groups in total. The number of carbonyl (C=O) groups excluding carboxylic acids is 4. The van der Waals surface area contributed by atoms with E-state index in [-0.39, 0.29) is 18.7 Å². The lowest BCUT2D eigenvalue weighted by Crippen LogP contribution is -2.56.